The number of ether oxygens (including phenoxy) is 2. The van der Waals surface area contributed by atoms with Crippen molar-refractivity contribution in [2.75, 3.05) is 26.2 Å². The Morgan fingerprint density at radius 3 is 2.81 bits per heavy atom. The topological polar surface area (TPSA) is 62.2 Å². The largest absolute Gasteiger partial charge is 0.504 e. The maximum absolute atomic E-state index is 10.3. The molecule has 5 heteroatoms. The van der Waals surface area contributed by atoms with Crippen molar-refractivity contribution >= 4 is 0 Å². The fourth-order valence-corrected chi connectivity index (χ4v) is 5.14. The highest BCUT2D eigenvalue weighted by atomic mass is 16.6. The summed E-state index contributed by atoms with van der Waals surface area (Å²) < 4.78 is 12.0. The Morgan fingerprint density at radius 2 is 1.96 bits per heavy atom. The van der Waals surface area contributed by atoms with Gasteiger partial charge in [0, 0.05) is 31.1 Å². The molecule has 0 spiro atoms. The zero-order valence-corrected chi connectivity index (χ0v) is 15.5. The molecule has 3 aliphatic rings. The van der Waals surface area contributed by atoms with Crippen LogP contribution in [0.5, 0.6) is 23.0 Å². The first-order valence-electron chi connectivity index (χ1n) is 9.75. The van der Waals surface area contributed by atoms with Gasteiger partial charge in [-0.05, 0) is 55.0 Å². The lowest BCUT2D eigenvalue weighted by molar-refractivity contribution is 0.0639. The highest BCUT2D eigenvalue weighted by molar-refractivity contribution is 5.55. The van der Waals surface area contributed by atoms with Crippen molar-refractivity contribution in [1.29, 1.82) is 0 Å². The minimum Gasteiger partial charge on any atom is -0.504 e. The first-order valence-corrected chi connectivity index (χ1v) is 9.75. The molecular formula is C22H25NO4. The van der Waals surface area contributed by atoms with E-state index in [4.69, 9.17) is 9.47 Å². The summed E-state index contributed by atoms with van der Waals surface area (Å²) in [6.45, 7) is 5.47. The Hall–Kier alpha value is -2.40. The lowest BCUT2D eigenvalue weighted by atomic mass is 9.75. The number of para-hydroxylation sites is 2. The molecule has 1 aliphatic carbocycles. The Kier molecular flexibility index (Phi) is 3.93. The van der Waals surface area contributed by atoms with E-state index in [0.29, 0.717) is 18.4 Å². The third-order valence-electron chi connectivity index (χ3n) is 6.31. The van der Waals surface area contributed by atoms with Crippen LogP contribution >= 0.6 is 0 Å². The van der Waals surface area contributed by atoms with Crippen molar-refractivity contribution in [2.24, 2.45) is 5.92 Å². The summed E-state index contributed by atoms with van der Waals surface area (Å²) >= 11 is 0. The van der Waals surface area contributed by atoms with Crippen LogP contribution in [0.3, 0.4) is 0 Å². The van der Waals surface area contributed by atoms with Gasteiger partial charge in [0.1, 0.15) is 12.7 Å². The number of hydrogen-bond donors (Lipinski definition) is 2. The van der Waals surface area contributed by atoms with Crippen LogP contribution in [0.4, 0.5) is 0 Å². The number of phenols is 2. The van der Waals surface area contributed by atoms with E-state index in [1.54, 1.807) is 6.07 Å². The van der Waals surface area contributed by atoms with Gasteiger partial charge in [0.15, 0.2) is 23.0 Å². The van der Waals surface area contributed by atoms with Crippen molar-refractivity contribution in [3.63, 3.8) is 0 Å². The van der Waals surface area contributed by atoms with Crippen molar-refractivity contribution in [1.82, 2.24) is 4.90 Å². The molecular weight excluding hydrogens is 342 g/mol. The standard InChI is InChI=1S/C22H25NO4/c1-13-8-18(24)22(25)16-7-6-14-9-23(11-17(14)21(13)16)10-15-12-26-19-4-2-3-5-20(19)27-15/h2-5,8,14-15,17,24-25H,6-7,9-12H2,1H3. The number of fused-ring (bicyclic) bond motifs is 4. The summed E-state index contributed by atoms with van der Waals surface area (Å²) in [5.41, 5.74) is 3.28. The van der Waals surface area contributed by atoms with E-state index in [0.717, 1.165) is 55.1 Å². The molecule has 0 radical (unpaired) electrons. The monoisotopic (exact) mass is 367 g/mol. The molecule has 5 rings (SSSR count). The third-order valence-corrected chi connectivity index (χ3v) is 6.31. The van der Waals surface area contributed by atoms with Gasteiger partial charge in [0.05, 0.1) is 0 Å². The Bertz CT molecular complexity index is 881. The van der Waals surface area contributed by atoms with Crippen molar-refractivity contribution < 1.29 is 19.7 Å². The molecule has 3 unspecified atom stereocenters. The van der Waals surface area contributed by atoms with Gasteiger partial charge in [-0.15, -0.1) is 0 Å². The maximum Gasteiger partial charge on any atom is 0.161 e. The van der Waals surface area contributed by atoms with Gasteiger partial charge in [-0.25, -0.2) is 0 Å². The molecule has 0 bridgehead atoms. The van der Waals surface area contributed by atoms with Crippen LogP contribution in [0.2, 0.25) is 0 Å². The number of aryl methyl sites for hydroxylation is 1. The van der Waals surface area contributed by atoms with Crippen molar-refractivity contribution in [3.05, 3.63) is 47.0 Å². The van der Waals surface area contributed by atoms with E-state index in [9.17, 15) is 10.2 Å². The predicted octanol–water partition coefficient (Wildman–Crippen LogP) is 3.21. The Morgan fingerprint density at radius 1 is 1.15 bits per heavy atom. The van der Waals surface area contributed by atoms with Crippen LogP contribution in [0.15, 0.2) is 30.3 Å². The van der Waals surface area contributed by atoms with Gasteiger partial charge in [-0.3, -0.25) is 4.90 Å². The smallest absolute Gasteiger partial charge is 0.161 e. The van der Waals surface area contributed by atoms with E-state index in [2.05, 4.69) is 4.90 Å². The summed E-state index contributed by atoms with van der Waals surface area (Å²) in [7, 11) is 0. The van der Waals surface area contributed by atoms with Crippen LogP contribution in [-0.4, -0.2) is 47.5 Å². The minimum atomic E-state index is 0.00553. The SMILES string of the molecule is Cc1cc(O)c(O)c2c1C1CN(CC3COc4ccccc4O3)CC1CC2. The zero-order valence-electron chi connectivity index (χ0n) is 15.5. The Balaban J connectivity index is 1.33. The van der Waals surface area contributed by atoms with Crippen LogP contribution in [0.25, 0.3) is 0 Å². The molecule has 1 fully saturated rings. The molecule has 0 amide bonds. The van der Waals surface area contributed by atoms with Crippen LogP contribution in [0.1, 0.15) is 29.0 Å². The highest BCUT2D eigenvalue weighted by Gasteiger charge is 2.40. The predicted molar refractivity (Wildman–Crippen MR) is 102 cm³/mol. The third kappa shape index (κ3) is 2.81. The summed E-state index contributed by atoms with van der Waals surface area (Å²) in [4.78, 5) is 2.47. The second kappa shape index (κ2) is 6.34. The number of nitrogens with zero attached hydrogens (tertiary/aromatic N) is 1. The average Bonchev–Trinajstić information content (AvgIpc) is 3.07. The summed E-state index contributed by atoms with van der Waals surface area (Å²) in [5, 5.41) is 20.3. The molecule has 1 saturated heterocycles. The molecule has 0 aromatic heterocycles. The number of rotatable bonds is 2. The molecule has 3 atom stereocenters. The summed E-state index contributed by atoms with van der Waals surface area (Å²) in [5.74, 6) is 2.74. The quantitative estimate of drug-likeness (QED) is 0.798. The molecule has 0 saturated carbocycles. The van der Waals surface area contributed by atoms with E-state index in [-0.39, 0.29) is 17.6 Å². The summed E-state index contributed by atoms with van der Waals surface area (Å²) in [6, 6.07) is 9.53. The van der Waals surface area contributed by atoms with Crippen LogP contribution in [-0.2, 0) is 6.42 Å². The molecule has 2 aromatic rings. The number of hydrogen-bond acceptors (Lipinski definition) is 5. The molecule has 2 heterocycles. The second-order valence-electron chi connectivity index (χ2n) is 8.07. The summed E-state index contributed by atoms with van der Waals surface area (Å²) in [6.07, 6.45) is 1.92. The minimum absolute atomic E-state index is 0.00553. The lowest BCUT2D eigenvalue weighted by Crippen LogP contribution is -2.40. The van der Waals surface area contributed by atoms with Crippen molar-refractivity contribution in [3.8, 4) is 23.0 Å². The van der Waals surface area contributed by atoms with Gasteiger partial charge in [0.2, 0.25) is 0 Å². The molecule has 142 valence electrons. The average molecular weight is 367 g/mol. The molecule has 5 nitrogen and oxygen atoms in total. The Labute approximate surface area is 159 Å². The van der Waals surface area contributed by atoms with E-state index >= 15 is 0 Å². The first-order chi connectivity index (χ1) is 13.1. The normalized spacial score (nSPS) is 26.5. The fraction of sp³-hybridized carbons (Fsp3) is 0.455. The van der Waals surface area contributed by atoms with E-state index in [1.807, 2.05) is 31.2 Å². The lowest BCUT2D eigenvalue weighted by Gasteiger charge is -2.30. The maximum atomic E-state index is 10.3. The van der Waals surface area contributed by atoms with Crippen LogP contribution in [0, 0.1) is 12.8 Å². The second-order valence-corrected chi connectivity index (χ2v) is 8.07. The van der Waals surface area contributed by atoms with Gasteiger partial charge in [-0.1, -0.05) is 12.1 Å². The molecule has 2 N–H and O–H groups in total. The molecule has 27 heavy (non-hydrogen) atoms. The number of aromatic hydroxyl groups is 2. The van der Waals surface area contributed by atoms with Gasteiger partial charge < -0.3 is 19.7 Å². The zero-order chi connectivity index (χ0) is 18.5. The van der Waals surface area contributed by atoms with Crippen LogP contribution < -0.4 is 9.47 Å². The number of phenolic OH excluding ortho intramolecular Hbond substituents is 2. The molecule has 2 aromatic carbocycles. The van der Waals surface area contributed by atoms with E-state index < -0.39 is 0 Å². The number of benzene rings is 2. The van der Waals surface area contributed by atoms with Crippen molar-refractivity contribution in [2.45, 2.75) is 31.8 Å². The first kappa shape index (κ1) is 16.8. The van der Waals surface area contributed by atoms with Gasteiger partial charge in [-0.2, -0.15) is 0 Å². The van der Waals surface area contributed by atoms with Gasteiger partial charge in [0.25, 0.3) is 0 Å². The fourth-order valence-electron chi connectivity index (χ4n) is 5.14. The van der Waals surface area contributed by atoms with E-state index in [1.165, 1.54) is 5.56 Å². The molecule has 2 aliphatic heterocycles. The van der Waals surface area contributed by atoms with Gasteiger partial charge >= 0.3 is 0 Å². The number of likely N-dealkylation sites (tertiary alicyclic amines) is 1. The highest BCUT2D eigenvalue weighted by Crippen LogP contribution is 2.48.